The highest BCUT2D eigenvalue weighted by Gasteiger charge is 2.12. The third kappa shape index (κ3) is 2.70. The van der Waals surface area contributed by atoms with Gasteiger partial charge in [-0.15, -0.1) is 5.10 Å². The number of nitrogens with one attached hydrogen (secondary N) is 1. The molecule has 0 fully saturated rings. The van der Waals surface area contributed by atoms with Gasteiger partial charge in [0.2, 0.25) is 0 Å². The Hall–Kier alpha value is -1.64. The first-order chi connectivity index (χ1) is 9.04. The van der Waals surface area contributed by atoms with E-state index < -0.39 is 0 Å². The van der Waals surface area contributed by atoms with Crippen LogP contribution in [0.15, 0.2) is 22.7 Å². The van der Waals surface area contributed by atoms with Crippen molar-refractivity contribution < 1.29 is 0 Å². The van der Waals surface area contributed by atoms with Gasteiger partial charge in [0, 0.05) is 0 Å². The van der Waals surface area contributed by atoms with Gasteiger partial charge in [-0.2, -0.15) is 10.4 Å². The number of halogens is 2. The van der Waals surface area contributed by atoms with E-state index in [1.807, 2.05) is 26.0 Å². The number of aromatic nitrogens is 2. The van der Waals surface area contributed by atoms with E-state index >= 15 is 0 Å². The summed E-state index contributed by atoms with van der Waals surface area (Å²) in [5.74, 6) is 0.425. The summed E-state index contributed by atoms with van der Waals surface area (Å²) in [6.45, 7) is 3.67. The van der Waals surface area contributed by atoms with Crippen LogP contribution in [-0.4, -0.2) is 10.2 Å². The summed E-state index contributed by atoms with van der Waals surface area (Å²) in [7, 11) is 0. The second-order valence-corrected chi connectivity index (χ2v) is 5.17. The molecule has 1 heterocycles. The largest absolute Gasteiger partial charge is 0.337 e. The Morgan fingerprint density at radius 3 is 2.74 bits per heavy atom. The van der Waals surface area contributed by atoms with Gasteiger partial charge in [-0.25, -0.2) is 0 Å². The Balaban J connectivity index is 2.48. The first kappa shape index (κ1) is 13.8. The van der Waals surface area contributed by atoms with Crippen molar-refractivity contribution in [3.63, 3.8) is 0 Å². The van der Waals surface area contributed by atoms with Crippen LogP contribution in [0.25, 0.3) is 0 Å². The van der Waals surface area contributed by atoms with Crippen molar-refractivity contribution in [1.29, 1.82) is 5.26 Å². The zero-order valence-corrected chi connectivity index (χ0v) is 12.7. The third-order valence-electron chi connectivity index (χ3n) is 2.77. The van der Waals surface area contributed by atoms with E-state index in [4.69, 9.17) is 11.6 Å². The fraction of sp³-hybridized carbons (Fsp3) is 0.154. The fourth-order valence-corrected chi connectivity index (χ4v) is 2.10. The van der Waals surface area contributed by atoms with Crippen molar-refractivity contribution in [2.45, 2.75) is 13.8 Å². The molecule has 0 aliphatic carbocycles. The van der Waals surface area contributed by atoms with E-state index in [0.717, 1.165) is 21.4 Å². The lowest BCUT2D eigenvalue weighted by Gasteiger charge is -2.11. The molecule has 0 spiro atoms. The van der Waals surface area contributed by atoms with Crippen molar-refractivity contribution in [1.82, 2.24) is 10.2 Å². The van der Waals surface area contributed by atoms with E-state index in [-0.39, 0.29) is 0 Å². The first-order valence-electron chi connectivity index (χ1n) is 5.49. The second kappa shape index (κ2) is 5.55. The number of aryl methyl sites for hydroxylation is 1. The fourth-order valence-electron chi connectivity index (χ4n) is 1.56. The number of hydrogen-bond acceptors (Lipinski definition) is 4. The molecule has 0 amide bonds. The van der Waals surface area contributed by atoms with Gasteiger partial charge in [-0.1, -0.05) is 17.7 Å². The summed E-state index contributed by atoms with van der Waals surface area (Å²) in [5.41, 5.74) is 2.78. The smallest absolute Gasteiger partial charge is 0.171 e. The molecule has 19 heavy (non-hydrogen) atoms. The lowest BCUT2D eigenvalue weighted by Crippen LogP contribution is -2.04. The lowest BCUT2D eigenvalue weighted by atomic mass is 10.1. The van der Waals surface area contributed by atoms with Crippen LogP contribution in [0.4, 0.5) is 11.5 Å². The van der Waals surface area contributed by atoms with Gasteiger partial charge in [-0.05, 0) is 47.5 Å². The minimum Gasteiger partial charge on any atom is -0.337 e. The molecule has 0 saturated carbocycles. The minimum atomic E-state index is 0.425. The molecule has 96 valence electrons. The molecule has 0 aliphatic rings. The molecule has 1 N–H and O–H groups in total. The van der Waals surface area contributed by atoms with E-state index in [2.05, 4.69) is 37.5 Å². The van der Waals surface area contributed by atoms with E-state index in [1.165, 1.54) is 0 Å². The van der Waals surface area contributed by atoms with Crippen molar-refractivity contribution in [2.24, 2.45) is 0 Å². The van der Waals surface area contributed by atoms with Crippen LogP contribution in [0.2, 0.25) is 5.02 Å². The summed E-state index contributed by atoms with van der Waals surface area (Å²) < 4.78 is 0.723. The summed E-state index contributed by atoms with van der Waals surface area (Å²) >= 11 is 9.41. The van der Waals surface area contributed by atoms with Crippen LogP contribution in [-0.2, 0) is 0 Å². The molecule has 0 unspecified atom stereocenters. The normalized spacial score (nSPS) is 10.1. The molecule has 6 heteroatoms. The summed E-state index contributed by atoms with van der Waals surface area (Å²) in [6, 6.07) is 7.57. The molecule has 1 aromatic carbocycles. The molecule has 0 atom stereocenters. The van der Waals surface area contributed by atoms with E-state index in [1.54, 1.807) is 6.07 Å². The summed E-state index contributed by atoms with van der Waals surface area (Å²) in [4.78, 5) is 0. The Labute approximate surface area is 124 Å². The van der Waals surface area contributed by atoms with Gasteiger partial charge in [0.25, 0.3) is 0 Å². The van der Waals surface area contributed by atoms with Crippen molar-refractivity contribution in [2.75, 3.05) is 5.32 Å². The topological polar surface area (TPSA) is 61.6 Å². The maximum absolute atomic E-state index is 9.23. The Bertz CT molecular complexity index is 679. The maximum Gasteiger partial charge on any atom is 0.171 e. The highest BCUT2D eigenvalue weighted by molar-refractivity contribution is 9.10. The number of benzene rings is 1. The molecule has 2 aromatic rings. The van der Waals surface area contributed by atoms with Crippen molar-refractivity contribution >= 4 is 39.0 Å². The van der Waals surface area contributed by atoms with Crippen LogP contribution in [0.1, 0.15) is 16.8 Å². The van der Waals surface area contributed by atoms with Gasteiger partial charge in [0.05, 0.1) is 20.9 Å². The van der Waals surface area contributed by atoms with E-state index in [0.29, 0.717) is 16.4 Å². The molecule has 4 nitrogen and oxygen atoms in total. The number of rotatable bonds is 2. The highest BCUT2D eigenvalue weighted by Crippen LogP contribution is 2.32. The monoisotopic (exact) mass is 336 g/mol. The van der Waals surface area contributed by atoms with Crippen LogP contribution < -0.4 is 5.32 Å². The summed E-state index contributed by atoms with van der Waals surface area (Å²) in [5, 5.41) is 20.9. The van der Waals surface area contributed by atoms with Gasteiger partial charge in [0.15, 0.2) is 5.82 Å². The van der Waals surface area contributed by atoms with Gasteiger partial charge < -0.3 is 5.32 Å². The average molecular weight is 338 g/mol. The molecular formula is C13H10BrClN4. The Morgan fingerprint density at radius 2 is 2.05 bits per heavy atom. The standard InChI is InChI=1S/C13H10BrClN4/c1-7-8(2)18-19-13(9(7)6-16)17-11-5-3-4-10(15)12(11)14/h3-5H,1-2H3,(H,17,19). The number of anilines is 2. The van der Waals surface area contributed by atoms with Crippen LogP contribution in [0.3, 0.4) is 0 Å². The zero-order chi connectivity index (χ0) is 14.0. The average Bonchev–Trinajstić information content (AvgIpc) is 2.39. The SMILES string of the molecule is Cc1nnc(Nc2cccc(Cl)c2Br)c(C#N)c1C. The lowest BCUT2D eigenvalue weighted by molar-refractivity contribution is 0.960. The number of nitriles is 1. The predicted molar refractivity (Wildman–Crippen MR) is 78.7 cm³/mol. The zero-order valence-electron chi connectivity index (χ0n) is 10.3. The molecule has 0 aliphatic heterocycles. The van der Waals surface area contributed by atoms with Crippen LogP contribution in [0.5, 0.6) is 0 Å². The van der Waals surface area contributed by atoms with Crippen LogP contribution >= 0.6 is 27.5 Å². The van der Waals surface area contributed by atoms with Crippen molar-refractivity contribution in [3.05, 3.63) is 44.5 Å². The molecule has 2 rings (SSSR count). The van der Waals surface area contributed by atoms with Gasteiger partial charge in [0.1, 0.15) is 11.6 Å². The van der Waals surface area contributed by atoms with Crippen LogP contribution in [0, 0.1) is 25.2 Å². The van der Waals surface area contributed by atoms with Crippen molar-refractivity contribution in [3.8, 4) is 6.07 Å². The maximum atomic E-state index is 9.23. The third-order valence-corrected chi connectivity index (χ3v) is 4.17. The second-order valence-electron chi connectivity index (χ2n) is 3.97. The molecular weight excluding hydrogens is 328 g/mol. The molecule has 0 bridgehead atoms. The minimum absolute atomic E-state index is 0.425. The number of hydrogen-bond donors (Lipinski definition) is 1. The molecule has 0 radical (unpaired) electrons. The quantitative estimate of drug-likeness (QED) is 0.895. The van der Waals surface area contributed by atoms with E-state index in [9.17, 15) is 5.26 Å². The predicted octanol–water partition coefficient (Wildman–Crippen LogP) is 4.12. The molecule has 0 saturated heterocycles. The molecule has 1 aromatic heterocycles. The Kier molecular flexibility index (Phi) is 4.03. The number of nitrogens with zero attached hydrogens (tertiary/aromatic N) is 3. The van der Waals surface area contributed by atoms with Gasteiger partial charge in [-0.3, -0.25) is 0 Å². The Morgan fingerprint density at radius 1 is 1.32 bits per heavy atom. The first-order valence-corrected chi connectivity index (χ1v) is 6.66. The highest BCUT2D eigenvalue weighted by atomic mass is 79.9. The van der Waals surface area contributed by atoms with Gasteiger partial charge >= 0.3 is 0 Å². The summed E-state index contributed by atoms with van der Waals surface area (Å²) in [6.07, 6.45) is 0.